The van der Waals surface area contributed by atoms with E-state index in [-0.39, 0.29) is 45.1 Å². The van der Waals surface area contributed by atoms with Gasteiger partial charge in [-0.3, -0.25) is 13.9 Å². The topological polar surface area (TPSA) is 237 Å². The van der Waals surface area contributed by atoms with Gasteiger partial charge in [0, 0.05) is 31.8 Å². The molecule has 15 nitrogen and oxygen atoms in total. The molecule has 5 aromatic carbocycles. The van der Waals surface area contributed by atoms with Crippen LogP contribution >= 0.6 is 0 Å². The monoisotopic (exact) mass is 717 g/mol. The summed E-state index contributed by atoms with van der Waals surface area (Å²) < 4.78 is 67.4. The highest BCUT2D eigenvalue weighted by atomic mass is 32.2. The number of fused-ring (bicyclic) bond motifs is 1. The highest BCUT2D eigenvalue weighted by molar-refractivity contribution is 7.86. The summed E-state index contributed by atoms with van der Waals surface area (Å²) >= 11 is 0. The van der Waals surface area contributed by atoms with Crippen molar-refractivity contribution in [2.24, 2.45) is 20.5 Å². The van der Waals surface area contributed by atoms with Crippen LogP contribution in [0.1, 0.15) is 19.4 Å². The second kappa shape index (κ2) is 14.4. The first-order valence-electron chi connectivity index (χ1n) is 14.8. The first-order chi connectivity index (χ1) is 23.6. The second-order valence-corrected chi connectivity index (χ2v) is 13.7. The number of nitrogens with zero attached hydrogens (tertiary/aromatic N) is 5. The molecule has 258 valence electrons. The molecule has 0 unspecified atom stereocenters. The van der Waals surface area contributed by atoms with E-state index in [1.54, 1.807) is 12.1 Å². The fraction of sp³-hybridized carbons (Fsp3) is 0.121. The van der Waals surface area contributed by atoms with Crippen molar-refractivity contribution in [3.8, 4) is 5.75 Å². The summed E-state index contributed by atoms with van der Waals surface area (Å²) in [5.41, 5.74) is 8.16. The highest BCUT2D eigenvalue weighted by Gasteiger charge is 2.20. The summed E-state index contributed by atoms with van der Waals surface area (Å²) in [4.78, 5) is 12.9. The third kappa shape index (κ3) is 8.27. The van der Waals surface area contributed by atoms with Gasteiger partial charge in [0.1, 0.15) is 27.7 Å². The molecule has 0 aliphatic rings. The summed E-state index contributed by atoms with van der Waals surface area (Å²) in [6.45, 7) is 4.67. The van der Waals surface area contributed by atoms with Crippen molar-refractivity contribution in [1.29, 1.82) is 0 Å². The molecule has 0 fully saturated rings. The summed E-state index contributed by atoms with van der Waals surface area (Å²) in [5, 5.41) is 29.7. The Bertz CT molecular complexity index is 2390. The number of hydrogen-bond acceptors (Lipinski definition) is 12. The summed E-state index contributed by atoms with van der Waals surface area (Å²) in [7, 11) is -9.53. The van der Waals surface area contributed by atoms with Gasteiger partial charge >= 0.3 is 0 Å². The highest BCUT2D eigenvalue weighted by Crippen LogP contribution is 2.41. The molecule has 50 heavy (non-hydrogen) atoms. The van der Waals surface area contributed by atoms with Gasteiger partial charge in [0.2, 0.25) is 5.91 Å². The molecule has 5 rings (SSSR count). The first kappa shape index (κ1) is 35.6. The Kier molecular flexibility index (Phi) is 10.2. The number of phenols is 1. The van der Waals surface area contributed by atoms with E-state index in [4.69, 9.17) is 5.73 Å². The van der Waals surface area contributed by atoms with Crippen LogP contribution in [0.2, 0.25) is 0 Å². The zero-order chi connectivity index (χ0) is 36.2. The smallest absolute Gasteiger partial charge is 0.296 e. The molecule has 0 aromatic heterocycles. The van der Waals surface area contributed by atoms with E-state index in [0.717, 1.165) is 29.4 Å². The number of carbonyl (C=O) groups excluding carboxylic acids is 1. The lowest BCUT2D eigenvalue weighted by molar-refractivity contribution is -0.114. The van der Waals surface area contributed by atoms with E-state index in [0.29, 0.717) is 18.8 Å². The minimum Gasteiger partial charge on any atom is -0.507 e. The predicted molar refractivity (Wildman–Crippen MR) is 188 cm³/mol. The maximum atomic E-state index is 12.4. The lowest BCUT2D eigenvalue weighted by Gasteiger charge is -2.24. The molecule has 6 N–H and O–H groups in total. The standard InChI is InChI=1S/C33H31N7O8S2/c1-3-40(19-21-7-5-4-6-8-21)24-11-14-27(29(17-24)35-20(2)41)37-36-23-10-13-28(31(16-23)50(46,47)48)38-39-33-26(34)12-9-22-15-25(49(43,44)45)18-30(42)32(22)33/h4-18,42H,3,19,34H2,1-2H3,(H,35,41)(H,43,44,45)(H,46,47,48). The van der Waals surface area contributed by atoms with Crippen LogP contribution < -0.4 is 16.0 Å². The quantitative estimate of drug-likeness (QED) is 0.0514. The van der Waals surface area contributed by atoms with Gasteiger partial charge in [-0.2, -0.15) is 21.9 Å². The number of phenolic OH excluding ortho intramolecular Hbond substituents is 1. The number of aromatic hydroxyl groups is 1. The van der Waals surface area contributed by atoms with E-state index < -0.39 is 35.8 Å². The summed E-state index contributed by atoms with van der Waals surface area (Å²) in [5.74, 6) is -0.931. The van der Waals surface area contributed by atoms with Crippen LogP contribution in [-0.4, -0.2) is 43.5 Å². The van der Waals surface area contributed by atoms with Crippen LogP contribution in [0.4, 0.5) is 39.8 Å². The maximum absolute atomic E-state index is 12.4. The number of benzene rings is 5. The minimum absolute atomic E-state index is 0.00176. The normalized spacial score (nSPS) is 12.2. The zero-order valence-corrected chi connectivity index (χ0v) is 28.2. The molecular weight excluding hydrogens is 687 g/mol. The van der Waals surface area contributed by atoms with Crippen molar-refractivity contribution in [3.63, 3.8) is 0 Å². The number of amides is 1. The van der Waals surface area contributed by atoms with Crippen LogP contribution in [0, 0.1) is 0 Å². The zero-order valence-electron chi connectivity index (χ0n) is 26.6. The molecule has 0 spiro atoms. The molecular formula is C33H31N7O8S2. The van der Waals surface area contributed by atoms with Crippen molar-refractivity contribution < 1.29 is 35.8 Å². The lowest BCUT2D eigenvalue weighted by atomic mass is 10.1. The molecule has 0 radical (unpaired) electrons. The molecule has 0 saturated carbocycles. The Labute approximate surface area is 287 Å². The third-order valence-electron chi connectivity index (χ3n) is 7.38. The number of nitrogen functional groups attached to an aromatic ring is 1. The molecule has 0 aliphatic carbocycles. The van der Waals surface area contributed by atoms with Crippen LogP contribution in [0.25, 0.3) is 10.8 Å². The minimum atomic E-state index is -4.89. The average molecular weight is 718 g/mol. The molecule has 5 aromatic rings. The lowest BCUT2D eigenvalue weighted by Crippen LogP contribution is -2.22. The predicted octanol–water partition coefficient (Wildman–Crippen LogP) is 7.44. The van der Waals surface area contributed by atoms with Gasteiger partial charge in [0.05, 0.1) is 27.3 Å². The summed E-state index contributed by atoms with van der Waals surface area (Å²) in [6, 6.07) is 23.3. The fourth-order valence-corrected chi connectivity index (χ4v) is 6.21. The average Bonchev–Trinajstić information content (AvgIpc) is 3.05. The van der Waals surface area contributed by atoms with Gasteiger partial charge in [-0.15, -0.1) is 15.3 Å². The largest absolute Gasteiger partial charge is 0.507 e. The van der Waals surface area contributed by atoms with Crippen LogP contribution in [0.15, 0.2) is 121 Å². The van der Waals surface area contributed by atoms with Gasteiger partial charge in [0.15, 0.2) is 0 Å². The number of hydrogen-bond donors (Lipinski definition) is 5. The van der Waals surface area contributed by atoms with E-state index >= 15 is 0 Å². The van der Waals surface area contributed by atoms with E-state index in [9.17, 15) is 35.8 Å². The first-order valence-corrected chi connectivity index (χ1v) is 17.7. The van der Waals surface area contributed by atoms with Crippen molar-refractivity contribution in [2.45, 2.75) is 30.2 Å². The Morgan fingerprint density at radius 2 is 1.52 bits per heavy atom. The number of nitrogens with two attached hydrogens (primary N) is 1. The Morgan fingerprint density at radius 3 is 2.18 bits per heavy atom. The van der Waals surface area contributed by atoms with Crippen LogP contribution in [0.5, 0.6) is 5.75 Å². The molecule has 0 heterocycles. The SMILES string of the molecule is CCN(Cc1ccccc1)c1ccc(N=Nc2ccc(N=Nc3c(N)ccc4cc(S(=O)(=O)O)cc(O)c34)c(S(=O)(=O)O)c2)c(NC(C)=O)c1. The fourth-order valence-electron chi connectivity index (χ4n) is 5.03. The van der Waals surface area contributed by atoms with Gasteiger partial charge in [-0.25, -0.2) is 0 Å². The van der Waals surface area contributed by atoms with Crippen molar-refractivity contribution in [3.05, 3.63) is 96.6 Å². The number of nitrogens with one attached hydrogen (secondary N) is 1. The molecule has 0 bridgehead atoms. The molecule has 0 aliphatic heterocycles. The third-order valence-corrected chi connectivity index (χ3v) is 9.09. The Hall–Kier alpha value is -5.75. The van der Waals surface area contributed by atoms with Gasteiger partial charge in [-0.05, 0) is 66.4 Å². The van der Waals surface area contributed by atoms with Crippen LogP contribution in [0.3, 0.4) is 0 Å². The van der Waals surface area contributed by atoms with E-state index in [1.807, 2.05) is 43.3 Å². The number of carbonyl (C=O) groups is 1. The molecule has 0 saturated heterocycles. The van der Waals surface area contributed by atoms with Gasteiger partial charge < -0.3 is 21.1 Å². The number of anilines is 3. The Morgan fingerprint density at radius 1 is 0.820 bits per heavy atom. The van der Waals surface area contributed by atoms with Gasteiger partial charge in [-0.1, -0.05) is 36.4 Å². The molecule has 1 amide bonds. The van der Waals surface area contributed by atoms with Gasteiger partial charge in [0.25, 0.3) is 20.2 Å². The second-order valence-electron chi connectivity index (χ2n) is 10.9. The number of azo groups is 2. The molecule has 0 atom stereocenters. The van der Waals surface area contributed by atoms with E-state index in [2.05, 4.69) is 30.7 Å². The maximum Gasteiger partial charge on any atom is 0.296 e. The van der Waals surface area contributed by atoms with Crippen molar-refractivity contribution in [2.75, 3.05) is 22.5 Å². The van der Waals surface area contributed by atoms with Crippen molar-refractivity contribution in [1.82, 2.24) is 0 Å². The summed E-state index contributed by atoms with van der Waals surface area (Å²) in [6.07, 6.45) is 0. The Balaban J connectivity index is 1.48. The van der Waals surface area contributed by atoms with E-state index in [1.165, 1.54) is 31.2 Å². The molecule has 17 heteroatoms. The van der Waals surface area contributed by atoms with Crippen molar-refractivity contribution >= 4 is 76.7 Å². The number of rotatable bonds is 11. The van der Waals surface area contributed by atoms with Crippen LogP contribution in [-0.2, 0) is 31.6 Å².